The molecule has 0 aliphatic heterocycles. The number of benzene rings is 1. The van der Waals surface area contributed by atoms with Crippen LogP contribution in [0.4, 0.5) is 4.39 Å². The van der Waals surface area contributed by atoms with Crippen LogP contribution in [0.3, 0.4) is 0 Å². The standard InChI is InChI=1S/C14H20FNO/c1-16-9-12-7-4-8-13(15)14(12)17-10-11-5-2-3-6-11/h4,7-8,11,16H,2-3,5-6,9-10H2,1H3. The van der Waals surface area contributed by atoms with Crippen molar-refractivity contribution >= 4 is 0 Å². The topological polar surface area (TPSA) is 21.3 Å². The molecule has 1 aromatic rings. The van der Waals surface area contributed by atoms with Gasteiger partial charge in [0.25, 0.3) is 0 Å². The molecule has 0 heterocycles. The largest absolute Gasteiger partial charge is 0.490 e. The van der Waals surface area contributed by atoms with Gasteiger partial charge in [-0.1, -0.05) is 25.0 Å². The lowest BCUT2D eigenvalue weighted by Gasteiger charge is -2.15. The molecule has 94 valence electrons. The molecule has 0 atom stereocenters. The predicted molar refractivity (Wildman–Crippen MR) is 66.6 cm³/mol. The summed E-state index contributed by atoms with van der Waals surface area (Å²) in [6.45, 7) is 1.29. The fourth-order valence-corrected chi connectivity index (χ4v) is 2.42. The second-order valence-electron chi connectivity index (χ2n) is 4.72. The molecule has 0 amide bonds. The van der Waals surface area contributed by atoms with E-state index in [9.17, 15) is 4.39 Å². The molecule has 1 N–H and O–H groups in total. The Kier molecular flexibility index (Phi) is 4.37. The van der Waals surface area contributed by atoms with E-state index in [0.717, 1.165) is 5.56 Å². The third-order valence-electron chi connectivity index (χ3n) is 3.35. The van der Waals surface area contributed by atoms with Gasteiger partial charge in [-0.25, -0.2) is 4.39 Å². The Labute approximate surface area is 102 Å². The van der Waals surface area contributed by atoms with E-state index in [4.69, 9.17) is 4.74 Å². The van der Waals surface area contributed by atoms with Gasteiger partial charge in [0.15, 0.2) is 11.6 Å². The molecule has 2 rings (SSSR count). The van der Waals surface area contributed by atoms with Gasteiger partial charge in [-0.3, -0.25) is 0 Å². The van der Waals surface area contributed by atoms with Crippen molar-refractivity contribution in [2.75, 3.05) is 13.7 Å². The van der Waals surface area contributed by atoms with Crippen molar-refractivity contribution in [3.8, 4) is 5.75 Å². The number of ether oxygens (including phenoxy) is 1. The first-order valence-electron chi connectivity index (χ1n) is 6.36. The Hall–Kier alpha value is -1.09. The van der Waals surface area contributed by atoms with Crippen molar-refractivity contribution < 1.29 is 9.13 Å². The third kappa shape index (κ3) is 3.19. The van der Waals surface area contributed by atoms with Gasteiger partial charge in [0.1, 0.15) is 0 Å². The first-order chi connectivity index (χ1) is 8.31. The number of hydrogen-bond donors (Lipinski definition) is 1. The zero-order valence-corrected chi connectivity index (χ0v) is 10.3. The maximum atomic E-state index is 13.7. The van der Waals surface area contributed by atoms with Gasteiger partial charge in [0.2, 0.25) is 0 Å². The molecule has 17 heavy (non-hydrogen) atoms. The van der Waals surface area contributed by atoms with Gasteiger partial charge < -0.3 is 10.1 Å². The van der Waals surface area contributed by atoms with E-state index in [1.165, 1.54) is 31.7 Å². The van der Waals surface area contributed by atoms with Gasteiger partial charge in [-0.15, -0.1) is 0 Å². The van der Waals surface area contributed by atoms with E-state index in [1.54, 1.807) is 6.07 Å². The van der Waals surface area contributed by atoms with Crippen LogP contribution in [0, 0.1) is 11.7 Å². The fraction of sp³-hybridized carbons (Fsp3) is 0.571. The van der Waals surface area contributed by atoms with E-state index >= 15 is 0 Å². The summed E-state index contributed by atoms with van der Waals surface area (Å²) in [4.78, 5) is 0. The monoisotopic (exact) mass is 237 g/mol. The van der Waals surface area contributed by atoms with Crippen LogP contribution in [0.15, 0.2) is 18.2 Å². The van der Waals surface area contributed by atoms with Crippen molar-refractivity contribution in [3.05, 3.63) is 29.6 Å². The van der Waals surface area contributed by atoms with Crippen molar-refractivity contribution in [2.45, 2.75) is 32.2 Å². The molecule has 0 aromatic heterocycles. The number of hydrogen-bond acceptors (Lipinski definition) is 2. The molecule has 1 saturated carbocycles. The van der Waals surface area contributed by atoms with E-state index < -0.39 is 0 Å². The maximum absolute atomic E-state index is 13.7. The highest BCUT2D eigenvalue weighted by Gasteiger charge is 2.17. The molecule has 1 aliphatic carbocycles. The highest BCUT2D eigenvalue weighted by Crippen LogP contribution is 2.28. The minimum atomic E-state index is -0.254. The summed E-state index contributed by atoms with van der Waals surface area (Å²) >= 11 is 0. The summed E-state index contributed by atoms with van der Waals surface area (Å²) in [5.41, 5.74) is 0.894. The molecule has 1 aromatic carbocycles. The Balaban J connectivity index is 2.02. The van der Waals surface area contributed by atoms with Gasteiger partial charge in [-0.2, -0.15) is 0 Å². The predicted octanol–water partition coefficient (Wildman–Crippen LogP) is 3.11. The highest BCUT2D eigenvalue weighted by molar-refractivity contribution is 5.34. The van der Waals surface area contributed by atoms with Crippen LogP contribution >= 0.6 is 0 Å². The fourth-order valence-electron chi connectivity index (χ4n) is 2.42. The van der Waals surface area contributed by atoms with Crippen LogP contribution in [-0.2, 0) is 6.54 Å². The molecule has 2 nitrogen and oxygen atoms in total. The lowest BCUT2D eigenvalue weighted by atomic mass is 10.1. The lowest BCUT2D eigenvalue weighted by Crippen LogP contribution is -2.13. The first-order valence-corrected chi connectivity index (χ1v) is 6.36. The van der Waals surface area contributed by atoms with Crippen molar-refractivity contribution in [3.63, 3.8) is 0 Å². The second-order valence-corrected chi connectivity index (χ2v) is 4.72. The normalized spacial score (nSPS) is 16.4. The van der Waals surface area contributed by atoms with Gasteiger partial charge in [0.05, 0.1) is 6.61 Å². The number of halogens is 1. The second kappa shape index (κ2) is 6.01. The van der Waals surface area contributed by atoms with Crippen LogP contribution in [0.5, 0.6) is 5.75 Å². The summed E-state index contributed by atoms with van der Waals surface area (Å²) in [5, 5.41) is 3.03. The molecule has 0 spiro atoms. The van der Waals surface area contributed by atoms with Crippen LogP contribution in [0.25, 0.3) is 0 Å². The molecule has 0 saturated heterocycles. The minimum absolute atomic E-state index is 0.254. The van der Waals surface area contributed by atoms with Crippen LogP contribution < -0.4 is 10.1 Å². The SMILES string of the molecule is CNCc1cccc(F)c1OCC1CCCC1. The van der Waals surface area contributed by atoms with Crippen LogP contribution in [-0.4, -0.2) is 13.7 Å². The number of para-hydroxylation sites is 1. The minimum Gasteiger partial charge on any atom is -0.490 e. The number of rotatable bonds is 5. The molecule has 3 heteroatoms. The molecular weight excluding hydrogens is 217 g/mol. The summed E-state index contributed by atoms with van der Waals surface area (Å²) in [6.07, 6.45) is 5.01. The van der Waals surface area contributed by atoms with Gasteiger partial charge in [-0.05, 0) is 31.9 Å². The Morgan fingerprint density at radius 1 is 1.35 bits per heavy atom. The molecule has 0 bridgehead atoms. The summed E-state index contributed by atoms with van der Waals surface area (Å²) in [7, 11) is 1.85. The quantitative estimate of drug-likeness (QED) is 0.849. The highest BCUT2D eigenvalue weighted by atomic mass is 19.1. The molecule has 0 radical (unpaired) electrons. The average molecular weight is 237 g/mol. The molecule has 1 fully saturated rings. The van der Waals surface area contributed by atoms with E-state index in [0.29, 0.717) is 24.8 Å². The molecule has 1 aliphatic rings. The van der Waals surface area contributed by atoms with E-state index in [1.807, 2.05) is 13.1 Å². The molecule has 0 unspecified atom stereocenters. The third-order valence-corrected chi connectivity index (χ3v) is 3.35. The maximum Gasteiger partial charge on any atom is 0.165 e. The van der Waals surface area contributed by atoms with Crippen molar-refractivity contribution in [1.29, 1.82) is 0 Å². The summed E-state index contributed by atoms with van der Waals surface area (Å²) in [6, 6.07) is 5.09. The number of nitrogens with one attached hydrogen (secondary N) is 1. The van der Waals surface area contributed by atoms with Gasteiger partial charge >= 0.3 is 0 Å². The molecular formula is C14H20FNO. The van der Waals surface area contributed by atoms with E-state index in [2.05, 4.69) is 5.32 Å². The summed E-state index contributed by atoms with van der Waals surface area (Å²) < 4.78 is 19.4. The van der Waals surface area contributed by atoms with Crippen LogP contribution in [0.1, 0.15) is 31.2 Å². The van der Waals surface area contributed by atoms with E-state index in [-0.39, 0.29) is 5.82 Å². The Bertz CT molecular complexity index is 361. The zero-order chi connectivity index (χ0) is 12.1. The smallest absolute Gasteiger partial charge is 0.165 e. The Morgan fingerprint density at radius 2 is 2.12 bits per heavy atom. The average Bonchev–Trinajstić information content (AvgIpc) is 2.82. The van der Waals surface area contributed by atoms with Crippen LogP contribution in [0.2, 0.25) is 0 Å². The van der Waals surface area contributed by atoms with Crippen molar-refractivity contribution in [2.24, 2.45) is 5.92 Å². The van der Waals surface area contributed by atoms with Gasteiger partial charge in [0, 0.05) is 12.1 Å². The Morgan fingerprint density at radius 3 is 2.82 bits per heavy atom. The zero-order valence-electron chi connectivity index (χ0n) is 10.3. The summed E-state index contributed by atoms with van der Waals surface area (Å²) in [5.74, 6) is 0.779. The first kappa shape index (κ1) is 12.4. The van der Waals surface area contributed by atoms with Crippen molar-refractivity contribution in [1.82, 2.24) is 5.32 Å². The lowest BCUT2D eigenvalue weighted by molar-refractivity contribution is 0.239.